The predicted octanol–water partition coefficient (Wildman–Crippen LogP) is 0.759. The second-order valence-corrected chi connectivity index (χ2v) is 4.65. The monoisotopic (exact) mass is 239 g/mol. The third-order valence-corrected chi connectivity index (χ3v) is 3.17. The molecule has 0 spiro atoms. The van der Waals surface area contributed by atoms with Crippen LogP contribution in [0.5, 0.6) is 0 Å². The van der Waals surface area contributed by atoms with Gasteiger partial charge in [-0.15, -0.1) is 0 Å². The largest absolute Gasteiger partial charge is 0.405 e. The van der Waals surface area contributed by atoms with Crippen molar-refractivity contribution < 1.29 is 13.2 Å². The average Bonchev–Trinajstić information content (AvgIpc) is 2.49. The maximum Gasteiger partial charge on any atom is 0.405 e. The summed E-state index contributed by atoms with van der Waals surface area (Å²) in [7, 11) is 3.49. The maximum atomic E-state index is 12.6. The van der Waals surface area contributed by atoms with Crippen molar-refractivity contribution in [3.63, 3.8) is 0 Å². The molecule has 2 unspecified atom stereocenters. The van der Waals surface area contributed by atoms with Gasteiger partial charge >= 0.3 is 6.18 Å². The van der Waals surface area contributed by atoms with Crippen molar-refractivity contribution in [2.75, 3.05) is 40.3 Å². The van der Waals surface area contributed by atoms with Crippen LogP contribution in [0, 0.1) is 5.92 Å². The highest BCUT2D eigenvalue weighted by molar-refractivity contribution is 4.82. The molecule has 0 aromatic carbocycles. The zero-order chi connectivity index (χ0) is 12.3. The number of alkyl halides is 3. The van der Waals surface area contributed by atoms with Crippen LogP contribution >= 0.6 is 0 Å². The van der Waals surface area contributed by atoms with E-state index in [1.807, 2.05) is 7.05 Å². The zero-order valence-electron chi connectivity index (χ0n) is 9.80. The number of halogens is 3. The topological polar surface area (TPSA) is 32.5 Å². The smallest absolute Gasteiger partial charge is 0.329 e. The molecule has 0 aromatic heterocycles. The minimum absolute atomic E-state index is 0.325. The average molecular weight is 239 g/mol. The fraction of sp³-hybridized carbons (Fsp3) is 1.00. The first kappa shape index (κ1) is 13.7. The Morgan fingerprint density at radius 3 is 2.50 bits per heavy atom. The van der Waals surface area contributed by atoms with Crippen molar-refractivity contribution in [3.05, 3.63) is 0 Å². The van der Waals surface area contributed by atoms with E-state index in [1.165, 1.54) is 11.9 Å². The molecule has 1 rings (SSSR count). The van der Waals surface area contributed by atoms with E-state index in [0.717, 1.165) is 19.5 Å². The molecule has 3 nitrogen and oxygen atoms in total. The minimum Gasteiger partial charge on any atom is -0.329 e. The molecular formula is C10H20F3N3. The van der Waals surface area contributed by atoms with Crippen LogP contribution in [0.25, 0.3) is 0 Å². The van der Waals surface area contributed by atoms with Gasteiger partial charge in [0, 0.05) is 19.6 Å². The molecule has 16 heavy (non-hydrogen) atoms. The normalized spacial score (nSPS) is 25.3. The van der Waals surface area contributed by atoms with E-state index < -0.39 is 12.2 Å². The molecule has 1 fully saturated rings. The number of likely N-dealkylation sites (N-methyl/N-ethyl adjacent to an activating group) is 1. The molecular weight excluding hydrogens is 219 g/mol. The molecule has 0 bridgehead atoms. The summed E-state index contributed by atoms with van der Waals surface area (Å²) < 4.78 is 37.8. The first-order valence-corrected chi connectivity index (χ1v) is 5.50. The van der Waals surface area contributed by atoms with E-state index in [-0.39, 0.29) is 6.54 Å². The van der Waals surface area contributed by atoms with Crippen LogP contribution in [-0.4, -0.2) is 62.3 Å². The molecule has 1 heterocycles. The first-order valence-electron chi connectivity index (χ1n) is 5.50. The summed E-state index contributed by atoms with van der Waals surface area (Å²) in [4.78, 5) is 3.48. The SMILES string of the molecule is CN1CCC(CN(C)C(CN)C(F)(F)F)C1. The summed E-state index contributed by atoms with van der Waals surface area (Å²) in [5.41, 5.74) is 5.19. The number of nitrogens with two attached hydrogens (primary N) is 1. The lowest BCUT2D eigenvalue weighted by molar-refractivity contribution is -0.178. The summed E-state index contributed by atoms with van der Waals surface area (Å²) >= 11 is 0. The third kappa shape index (κ3) is 3.61. The molecule has 6 heteroatoms. The van der Waals surface area contributed by atoms with Crippen LogP contribution in [0.3, 0.4) is 0 Å². The van der Waals surface area contributed by atoms with Crippen LogP contribution < -0.4 is 5.73 Å². The van der Waals surface area contributed by atoms with Crippen molar-refractivity contribution >= 4 is 0 Å². The molecule has 0 saturated carbocycles. The third-order valence-electron chi connectivity index (χ3n) is 3.17. The molecule has 2 N–H and O–H groups in total. The number of nitrogens with zero attached hydrogens (tertiary/aromatic N) is 2. The second-order valence-electron chi connectivity index (χ2n) is 4.65. The Labute approximate surface area is 94.4 Å². The van der Waals surface area contributed by atoms with Gasteiger partial charge in [-0.3, -0.25) is 4.90 Å². The molecule has 1 aliphatic heterocycles. The highest BCUT2D eigenvalue weighted by atomic mass is 19.4. The fourth-order valence-electron chi connectivity index (χ4n) is 2.27. The fourth-order valence-corrected chi connectivity index (χ4v) is 2.27. The quantitative estimate of drug-likeness (QED) is 0.786. The van der Waals surface area contributed by atoms with Crippen LogP contribution in [0.4, 0.5) is 13.2 Å². The highest BCUT2D eigenvalue weighted by Gasteiger charge is 2.41. The summed E-state index contributed by atoms with van der Waals surface area (Å²) in [5.74, 6) is 0.325. The number of hydrogen-bond acceptors (Lipinski definition) is 3. The van der Waals surface area contributed by atoms with Gasteiger partial charge in [0.1, 0.15) is 6.04 Å². The molecule has 0 radical (unpaired) electrons. The Balaban J connectivity index is 2.46. The Morgan fingerprint density at radius 1 is 1.50 bits per heavy atom. The van der Waals surface area contributed by atoms with Gasteiger partial charge in [-0.1, -0.05) is 0 Å². The highest BCUT2D eigenvalue weighted by Crippen LogP contribution is 2.25. The summed E-state index contributed by atoms with van der Waals surface area (Å²) in [6.07, 6.45) is -3.26. The lowest BCUT2D eigenvalue weighted by atomic mass is 10.1. The lowest BCUT2D eigenvalue weighted by Crippen LogP contribution is -2.50. The van der Waals surface area contributed by atoms with Crippen molar-refractivity contribution in [2.24, 2.45) is 11.7 Å². The molecule has 96 valence electrons. The number of likely N-dealkylation sites (tertiary alicyclic amines) is 1. The Morgan fingerprint density at radius 2 is 2.12 bits per heavy atom. The van der Waals surface area contributed by atoms with E-state index in [2.05, 4.69) is 4.90 Å². The van der Waals surface area contributed by atoms with Gasteiger partial charge in [0.05, 0.1) is 0 Å². The number of rotatable bonds is 4. The minimum atomic E-state index is -4.23. The van der Waals surface area contributed by atoms with Crippen LogP contribution in [0.1, 0.15) is 6.42 Å². The Kier molecular flexibility index (Phi) is 4.58. The van der Waals surface area contributed by atoms with Gasteiger partial charge in [0.25, 0.3) is 0 Å². The van der Waals surface area contributed by atoms with E-state index in [9.17, 15) is 13.2 Å². The first-order chi connectivity index (χ1) is 7.34. The van der Waals surface area contributed by atoms with Gasteiger partial charge in [-0.25, -0.2) is 0 Å². The van der Waals surface area contributed by atoms with Crippen molar-refractivity contribution in [1.82, 2.24) is 9.80 Å². The van der Waals surface area contributed by atoms with Crippen molar-refractivity contribution in [2.45, 2.75) is 18.6 Å². The van der Waals surface area contributed by atoms with E-state index in [4.69, 9.17) is 5.73 Å². The Hall–Kier alpha value is -0.330. The van der Waals surface area contributed by atoms with Gasteiger partial charge < -0.3 is 10.6 Å². The van der Waals surface area contributed by atoms with Crippen molar-refractivity contribution in [3.8, 4) is 0 Å². The molecule has 1 aliphatic rings. The van der Waals surface area contributed by atoms with Crippen LogP contribution in [0.15, 0.2) is 0 Å². The van der Waals surface area contributed by atoms with E-state index >= 15 is 0 Å². The van der Waals surface area contributed by atoms with Gasteiger partial charge in [0.2, 0.25) is 0 Å². The lowest BCUT2D eigenvalue weighted by Gasteiger charge is -2.30. The summed E-state index contributed by atoms with van der Waals surface area (Å²) in [6.45, 7) is 1.94. The van der Waals surface area contributed by atoms with Gasteiger partial charge in [0.15, 0.2) is 0 Å². The summed E-state index contributed by atoms with van der Waals surface area (Å²) in [5, 5.41) is 0. The second kappa shape index (κ2) is 5.33. The number of hydrogen-bond donors (Lipinski definition) is 1. The van der Waals surface area contributed by atoms with Gasteiger partial charge in [-0.05, 0) is 33.0 Å². The molecule has 0 aliphatic carbocycles. The van der Waals surface area contributed by atoms with E-state index in [1.54, 1.807) is 0 Å². The predicted molar refractivity (Wildman–Crippen MR) is 57.1 cm³/mol. The molecule has 0 aromatic rings. The van der Waals surface area contributed by atoms with Crippen molar-refractivity contribution in [1.29, 1.82) is 0 Å². The molecule has 1 saturated heterocycles. The Bertz CT molecular complexity index is 220. The van der Waals surface area contributed by atoms with Gasteiger partial charge in [-0.2, -0.15) is 13.2 Å². The summed E-state index contributed by atoms with van der Waals surface area (Å²) in [6, 6.07) is -1.52. The molecule has 0 amide bonds. The van der Waals surface area contributed by atoms with Crippen LogP contribution in [-0.2, 0) is 0 Å². The zero-order valence-corrected chi connectivity index (χ0v) is 9.80. The van der Waals surface area contributed by atoms with E-state index in [0.29, 0.717) is 12.5 Å². The molecule has 2 atom stereocenters. The maximum absolute atomic E-state index is 12.6. The van der Waals surface area contributed by atoms with Crippen LogP contribution in [0.2, 0.25) is 0 Å². The standard InChI is InChI=1S/C10H20F3N3/c1-15-4-3-8(6-15)7-16(2)9(5-14)10(11,12)13/h8-9H,3-7,14H2,1-2H3.